The van der Waals surface area contributed by atoms with E-state index in [9.17, 15) is 0 Å². The van der Waals surface area contributed by atoms with E-state index in [2.05, 4.69) is 142 Å². The Bertz CT molecular complexity index is 1740. The molecular weight excluding hydrogens is 904 g/mol. The van der Waals surface area contributed by atoms with Gasteiger partial charge in [0, 0.05) is 13.6 Å². The summed E-state index contributed by atoms with van der Waals surface area (Å²) in [5.41, 5.74) is 12.2. The molecule has 2 aromatic rings. The third-order valence-electron chi connectivity index (χ3n) is 14.3. The monoisotopic (exact) mass is 991 g/mol. The average molecular weight is 991 g/mol. The molecular formula is C56H87Cl2N2PRu. The second-order valence-corrected chi connectivity index (χ2v) is 32.6. The number of halogens is 2. The van der Waals surface area contributed by atoms with E-state index in [0.29, 0.717) is 5.92 Å². The van der Waals surface area contributed by atoms with Gasteiger partial charge in [0.2, 0.25) is 0 Å². The van der Waals surface area contributed by atoms with Gasteiger partial charge in [-0.3, -0.25) is 0 Å². The SMILES string of the molecule is C1CCC([PH+](C2CCCCC2)C2CCCCC2)CC1.CC(C)(C)C1=C[C@H](C(C)(C)C)CC(N2C=CN(c3cc(C(C)(C)C)cc(C(C)(C)C)c3)[CH-]2)=C1.[Cl][Ru]([Cl])=[CH]c1ccccc1. The van der Waals surface area contributed by atoms with Crippen LogP contribution in [0.15, 0.2) is 84.4 Å². The van der Waals surface area contributed by atoms with Crippen molar-refractivity contribution in [3.63, 3.8) is 0 Å². The summed E-state index contributed by atoms with van der Waals surface area (Å²) in [6.45, 7) is 30.1. The molecule has 4 aliphatic carbocycles. The van der Waals surface area contributed by atoms with Gasteiger partial charge in [0.1, 0.15) is 0 Å². The fraction of sp³-hybridized carbons (Fsp3) is 0.643. The molecule has 1 heterocycles. The predicted molar refractivity (Wildman–Crippen MR) is 277 cm³/mol. The van der Waals surface area contributed by atoms with Crippen LogP contribution in [0.3, 0.4) is 0 Å². The fourth-order valence-corrected chi connectivity index (χ4v) is 17.3. The summed E-state index contributed by atoms with van der Waals surface area (Å²) < 4.78 is 1.92. The van der Waals surface area contributed by atoms with Crippen LogP contribution >= 0.6 is 27.3 Å². The molecule has 0 aromatic heterocycles. The Morgan fingerprint density at radius 2 is 1.05 bits per heavy atom. The van der Waals surface area contributed by atoms with Gasteiger partial charge in [0.05, 0.1) is 17.0 Å². The van der Waals surface area contributed by atoms with Gasteiger partial charge in [0.25, 0.3) is 0 Å². The van der Waals surface area contributed by atoms with E-state index in [4.69, 9.17) is 19.4 Å². The van der Waals surface area contributed by atoms with Crippen LogP contribution in [0.2, 0.25) is 0 Å². The first kappa shape index (κ1) is 51.7. The van der Waals surface area contributed by atoms with Gasteiger partial charge in [-0.1, -0.05) is 114 Å². The zero-order chi connectivity index (χ0) is 45.3. The van der Waals surface area contributed by atoms with E-state index in [1.807, 2.05) is 34.9 Å². The maximum atomic E-state index is 5.67. The number of benzene rings is 2. The number of hydrogen-bond donors (Lipinski definition) is 0. The fourth-order valence-electron chi connectivity index (χ4n) is 10.2. The summed E-state index contributed by atoms with van der Waals surface area (Å²) in [7, 11) is 11.3. The van der Waals surface area contributed by atoms with Crippen LogP contribution in [-0.4, -0.2) is 26.5 Å². The topological polar surface area (TPSA) is 6.48 Å². The Kier molecular flexibility index (Phi) is 19.2. The molecule has 0 amide bonds. The summed E-state index contributed by atoms with van der Waals surface area (Å²) in [4.78, 5) is 4.62. The van der Waals surface area contributed by atoms with Crippen molar-refractivity contribution < 1.29 is 13.5 Å². The molecule has 1 atom stereocenters. The van der Waals surface area contributed by atoms with E-state index in [1.165, 1.54) is 45.1 Å². The van der Waals surface area contributed by atoms with E-state index in [-0.39, 0.29) is 29.6 Å². The third kappa shape index (κ3) is 15.7. The van der Waals surface area contributed by atoms with Crippen molar-refractivity contribution in [2.45, 2.75) is 214 Å². The molecule has 5 aliphatic rings. The van der Waals surface area contributed by atoms with E-state index in [0.717, 1.165) is 12.0 Å². The van der Waals surface area contributed by atoms with Crippen LogP contribution in [0.25, 0.3) is 0 Å². The van der Waals surface area contributed by atoms with Crippen molar-refractivity contribution in [2.24, 2.45) is 16.7 Å². The van der Waals surface area contributed by atoms with Crippen molar-refractivity contribution >= 4 is 37.6 Å². The van der Waals surface area contributed by atoms with E-state index in [1.54, 1.807) is 96.3 Å². The van der Waals surface area contributed by atoms with Gasteiger partial charge in [0.15, 0.2) is 0 Å². The van der Waals surface area contributed by atoms with Crippen LogP contribution in [0.5, 0.6) is 0 Å². The molecule has 6 heteroatoms. The summed E-state index contributed by atoms with van der Waals surface area (Å²) >= 11 is -1.61. The first-order valence-electron chi connectivity index (χ1n) is 24.5. The number of nitrogens with zero attached hydrogens (tertiary/aromatic N) is 2. The Balaban J connectivity index is 0.000000208. The van der Waals surface area contributed by atoms with Gasteiger partial charge in [-0.05, 0) is 164 Å². The normalized spacial score (nSPS) is 21.4. The molecule has 7 rings (SSSR count). The zero-order valence-electron chi connectivity index (χ0n) is 41.2. The predicted octanol–water partition coefficient (Wildman–Crippen LogP) is 17.9. The van der Waals surface area contributed by atoms with Crippen LogP contribution < -0.4 is 4.90 Å². The Labute approximate surface area is 396 Å². The first-order chi connectivity index (χ1) is 29.1. The molecule has 0 unspecified atom stereocenters. The Hall–Kier alpha value is -1.24. The minimum atomic E-state index is -1.61. The van der Waals surface area contributed by atoms with Crippen molar-refractivity contribution in [1.82, 2.24) is 4.90 Å². The Morgan fingerprint density at radius 1 is 0.597 bits per heavy atom. The van der Waals surface area contributed by atoms with Crippen LogP contribution in [-0.2, 0) is 24.3 Å². The molecule has 2 nitrogen and oxygen atoms in total. The minimum absolute atomic E-state index is 0.0465. The van der Waals surface area contributed by atoms with Crippen molar-refractivity contribution in [3.05, 3.63) is 108 Å². The van der Waals surface area contributed by atoms with Crippen molar-refractivity contribution in [1.29, 1.82) is 0 Å². The maximum absolute atomic E-state index is 5.67. The molecule has 0 N–H and O–H groups in total. The zero-order valence-corrected chi connectivity index (χ0v) is 45.5. The summed E-state index contributed by atoms with van der Waals surface area (Å²) in [5, 5.41) is 0. The average Bonchev–Trinajstić information content (AvgIpc) is 3.72. The summed E-state index contributed by atoms with van der Waals surface area (Å²) in [6, 6.07) is 17.0. The number of rotatable bonds is 6. The molecule has 348 valence electrons. The quantitative estimate of drug-likeness (QED) is 0.162. The van der Waals surface area contributed by atoms with Crippen LogP contribution in [0.1, 0.15) is 203 Å². The number of anilines is 1. The van der Waals surface area contributed by atoms with Gasteiger partial charge < -0.3 is 9.80 Å². The van der Waals surface area contributed by atoms with Gasteiger partial charge in [-0.2, -0.15) is 0 Å². The third-order valence-corrected chi connectivity index (χ3v) is 20.7. The molecule has 62 heavy (non-hydrogen) atoms. The molecule has 1 aliphatic heterocycles. The molecule has 2 aromatic carbocycles. The van der Waals surface area contributed by atoms with Crippen LogP contribution in [0.4, 0.5) is 5.69 Å². The van der Waals surface area contributed by atoms with E-state index < -0.39 is 13.5 Å². The standard InChI is InChI=1S/C31H47N2.C18H33P.C7H6.2ClH.Ru/c1-28(2,3)22-15-23(29(4,5)6)18-26(17-22)32-13-14-33(21-32)27-19-24(30(7,8)9)16-25(20-27)31(10,11)12;1-4-10-16(11-5-1)19(17-12-6-2-7-13-17)18-14-8-3-9-15-18;1-7-5-3-2-4-6-7;;;/h13-19,21,25H,20H2,1-12H3;16-18H,1-15H2;1-6H;2*1H;/q-1;;;;;+2/p-1/t25-;;;;;/m0...../s1. The van der Waals surface area contributed by atoms with Gasteiger partial charge in [-0.15, -0.1) is 6.67 Å². The molecule has 3 fully saturated rings. The summed E-state index contributed by atoms with van der Waals surface area (Å²) in [5.74, 6) is 0.527. The van der Waals surface area contributed by atoms with Crippen molar-refractivity contribution in [3.8, 4) is 0 Å². The van der Waals surface area contributed by atoms with Gasteiger partial charge in [-0.25, -0.2) is 0 Å². The number of hydrogen-bond acceptors (Lipinski definition) is 2. The summed E-state index contributed by atoms with van der Waals surface area (Å²) in [6.07, 6.45) is 34.2. The van der Waals surface area contributed by atoms with E-state index >= 15 is 0 Å². The molecule has 0 saturated heterocycles. The molecule has 0 radical (unpaired) electrons. The van der Waals surface area contributed by atoms with Crippen molar-refractivity contribution in [2.75, 3.05) is 4.90 Å². The second kappa shape index (κ2) is 23.0. The first-order valence-corrected chi connectivity index (χ1v) is 31.7. The Morgan fingerprint density at radius 3 is 1.45 bits per heavy atom. The van der Waals surface area contributed by atoms with Gasteiger partial charge >= 0.3 is 73.4 Å². The molecule has 0 spiro atoms. The second-order valence-electron chi connectivity index (χ2n) is 23.4. The molecule has 3 saturated carbocycles. The molecule has 0 bridgehead atoms. The number of allylic oxidation sites excluding steroid dienone is 4. The van der Waals surface area contributed by atoms with Crippen LogP contribution in [0, 0.1) is 23.4 Å².